The maximum Gasteiger partial charge on any atom is 0.406 e. The number of carbonyl (C=O) groups excluding carboxylic acids is 1. The Morgan fingerprint density at radius 2 is 2.08 bits per heavy atom. The normalized spacial score (nSPS) is 44.3. The van der Waals surface area contributed by atoms with Gasteiger partial charge in [0.25, 0.3) is 0 Å². The van der Waals surface area contributed by atoms with Crippen LogP contribution in [0.1, 0.15) is 46.5 Å². The number of nitrogens with zero attached hydrogens (tertiary/aromatic N) is 1. The van der Waals surface area contributed by atoms with Gasteiger partial charge in [0.05, 0.1) is 25.2 Å². The van der Waals surface area contributed by atoms with Crippen molar-refractivity contribution in [1.82, 2.24) is 4.90 Å². The molecule has 5 aliphatic rings. The van der Waals surface area contributed by atoms with E-state index < -0.39 is 47.3 Å². The monoisotopic (exact) mass is 559 g/mol. The van der Waals surface area contributed by atoms with Gasteiger partial charge in [-0.15, -0.1) is 0 Å². The lowest BCUT2D eigenvalue weighted by Gasteiger charge is -2.58. The van der Waals surface area contributed by atoms with Crippen molar-refractivity contribution < 1.29 is 37.3 Å². The van der Waals surface area contributed by atoms with Crippen LogP contribution < -0.4 is 0 Å². The smallest absolute Gasteiger partial charge is 0.406 e. The Balaban J connectivity index is 1.50. The number of rotatable bonds is 8. The Bertz CT molecular complexity index is 1050. The van der Waals surface area contributed by atoms with Crippen molar-refractivity contribution in [2.45, 2.75) is 65.0 Å². The van der Waals surface area contributed by atoms with Crippen molar-refractivity contribution in [3.63, 3.8) is 0 Å². The van der Waals surface area contributed by atoms with Crippen molar-refractivity contribution in [1.29, 1.82) is 0 Å². The minimum Gasteiger partial charge on any atom is -0.481 e. The van der Waals surface area contributed by atoms with E-state index >= 15 is 0 Å². The lowest BCUT2D eigenvalue weighted by atomic mass is 9.43. The van der Waals surface area contributed by atoms with E-state index in [-0.39, 0.29) is 48.4 Å². The average molecular weight is 560 g/mol. The highest BCUT2D eigenvalue weighted by atomic mass is 35.5. The first-order valence-corrected chi connectivity index (χ1v) is 13.9. The number of aldehydes is 1. The molecule has 3 unspecified atom stereocenters. The number of morpholine rings is 1. The molecule has 0 aromatic rings. The number of carbonyl (C=O) groups is 2. The molecule has 212 valence electrons. The quantitative estimate of drug-likeness (QED) is 0.323. The predicted molar refractivity (Wildman–Crippen MR) is 134 cm³/mol. The molecule has 5 rings (SSSR count). The first kappa shape index (κ1) is 28.1. The SMILES string of the molecule is C=C(Cl)CN1C[C@H](OCC23C[C@@H]4[C@H](C)CC[C@H]4C4(C=O)CC2C=C(C(C)C)[C@@]34C(=O)O)OC[C@H]1C(F)(F)F. The molecule has 1 N–H and O–H groups in total. The Kier molecular flexibility index (Phi) is 6.89. The number of hydrogen-bond donors (Lipinski definition) is 1. The van der Waals surface area contributed by atoms with Crippen LogP contribution in [0.2, 0.25) is 0 Å². The molecule has 0 aromatic carbocycles. The number of carboxylic acid groups (broad SMARTS) is 1. The number of hydrogen-bond acceptors (Lipinski definition) is 5. The van der Waals surface area contributed by atoms with Crippen molar-refractivity contribution in [3.05, 3.63) is 23.3 Å². The summed E-state index contributed by atoms with van der Waals surface area (Å²) in [6, 6.07) is -1.84. The lowest BCUT2D eigenvalue weighted by molar-refractivity contribution is -0.269. The highest BCUT2D eigenvalue weighted by molar-refractivity contribution is 6.29. The summed E-state index contributed by atoms with van der Waals surface area (Å²) in [6.45, 7) is 8.68. The van der Waals surface area contributed by atoms with Gasteiger partial charge in [-0.3, -0.25) is 9.69 Å². The molecular weight excluding hydrogens is 523 g/mol. The van der Waals surface area contributed by atoms with Crippen molar-refractivity contribution in [2.24, 2.45) is 45.8 Å². The summed E-state index contributed by atoms with van der Waals surface area (Å²) in [5.41, 5.74) is -2.51. The highest BCUT2D eigenvalue weighted by Crippen LogP contribution is 2.82. The van der Waals surface area contributed by atoms with E-state index in [1.54, 1.807) is 0 Å². The molecule has 1 saturated heterocycles. The third-order valence-electron chi connectivity index (χ3n) is 10.7. The molecule has 1 aliphatic heterocycles. The zero-order valence-corrected chi connectivity index (χ0v) is 22.9. The lowest BCUT2D eigenvalue weighted by Crippen LogP contribution is -2.64. The Morgan fingerprint density at radius 1 is 1.37 bits per heavy atom. The second-order valence-electron chi connectivity index (χ2n) is 12.6. The molecule has 6 nitrogen and oxygen atoms in total. The number of alkyl halides is 3. The molecule has 4 bridgehead atoms. The van der Waals surface area contributed by atoms with Crippen LogP contribution in [0.5, 0.6) is 0 Å². The van der Waals surface area contributed by atoms with Crippen molar-refractivity contribution in [2.75, 3.05) is 26.3 Å². The number of halogens is 4. The Labute approximate surface area is 226 Å². The Morgan fingerprint density at radius 3 is 2.66 bits per heavy atom. The molecule has 0 amide bonds. The van der Waals surface area contributed by atoms with Gasteiger partial charge in [-0.2, -0.15) is 13.2 Å². The largest absolute Gasteiger partial charge is 0.481 e. The summed E-state index contributed by atoms with van der Waals surface area (Å²) in [7, 11) is 0. The standard InChI is InChI=1S/C28H37ClF3NO5/c1-15(2)21-7-18-8-25(13-34)20-6-5-16(3)19(20)9-26(18,27(21,25)24(35)36)14-38-23-11-33(10-17(4)29)22(12-37-23)28(30,31)32/h7,13,15-16,18-20,22-23H,4-6,8-12,14H2,1-3H3,(H,35,36)/t16-,18?,19-,20-,22+,23+,25?,26?,27+/m1/s1. The van der Waals surface area contributed by atoms with Crippen molar-refractivity contribution in [3.8, 4) is 0 Å². The molecule has 9 atom stereocenters. The van der Waals surface area contributed by atoms with Crippen LogP contribution in [-0.2, 0) is 19.1 Å². The van der Waals surface area contributed by atoms with E-state index in [4.69, 9.17) is 21.1 Å². The van der Waals surface area contributed by atoms with E-state index in [2.05, 4.69) is 19.6 Å². The molecule has 3 saturated carbocycles. The molecule has 0 radical (unpaired) electrons. The maximum absolute atomic E-state index is 13.6. The molecule has 0 spiro atoms. The summed E-state index contributed by atoms with van der Waals surface area (Å²) in [4.78, 5) is 27.7. The van der Waals surface area contributed by atoms with Crippen LogP contribution in [-0.4, -0.2) is 67.1 Å². The van der Waals surface area contributed by atoms with Crippen LogP contribution in [0.4, 0.5) is 13.2 Å². The van der Waals surface area contributed by atoms with Gasteiger partial charge in [0.15, 0.2) is 6.29 Å². The molecule has 4 fully saturated rings. The third kappa shape index (κ3) is 3.63. The van der Waals surface area contributed by atoms with Crippen LogP contribution in [0, 0.1) is 45.8 Å². The first-order chi connectivity index (χ1) is 17.7. The summed E-state index contributed by atoms with van der Waals surface area (Å²) in [5.74, 6) is -0.686. The summed E-state index contributed by atoms with van der Waals surface area (Å²) >= 11 is 5.87. The average Bonchev–Trinajstić information content (AvgIpc) is 3.39. The van der Waals surface area contributed by atoms with Crippen LogP contribution in [0.25, 0.3) is 0 Å². The van der Waals surface area contributed by atoms with Gasteiger partial charge >= 0.3 is 12.1 Å². The maximum atomic E-state index is 13.6. The van der Waals surface area contributed by atoms with E-state index in [1.807, 2.05) is 13.8 Å². The van der Waals surface area contributed by atoms with E-state index in [0.29, 0.717) is 18.8 Å². The van der Waals surface area contributed by atoms with Gasteiger partial charge in [0.2, 0.25) is 0 Å². The number of carboxylic acids is 1. The van der Waals surface area contributed by atoms with E-state index in [1.165, 1.54) is 0 Å². The second-order valence-corrected chi connectivity index (χ2v) is 13.1. The number of ether oxygens (including phenoxy) is 2. The van der Waals surface area contributed by atoms with Gasteiger partial charge < -0.3 is 19.4 Å². The van der Waals surface area contributed by atoms with Gasteiger partial charge in [-0.1, -0.05) is 57.0 Å². The fourth-order valence-electron chi connectivity index (χ4n) is 9.35. The predicted octanol–water partition coefficient (Wildman–Crippen LogP) is 5.27. The Hall–Kier alpha value is -1.42. The number of fused-ring (bicyclic) bond motifs is 2. The van der Waals surface area contributed by atoms with Crippen molar-refractivity contribution >= 4 is 23.9 Å². The second kappa shape index (κ2) is 9.32. The third-order valence-corrected chi connectivity index (χ3v) is 10.8. The fraction of sp³-hybridized carbons (Fsp3) is 0.786. The first-order valence-electron chi connectivity index (χ1n) is 13.5. The molecular formula is C28H37ClF3NO5. The van der Waals surface area contributed by atoms with E-state index in [0.717, 1.165) is 29.6 Å². The molecule has 0 aromatic heterocycles. The van der Waals surface area contributed by atoms with Crippen LogP contribution >= 0.6 is 11.6 Å². The summed E-state index contributed by atoms with van der Waals surface area (Å²) < 4.78 is 52.7. The minimum absolute atomic E-state index is 0.000765. The highest BCUT2D eigenvalue weighted by Gasteiger charge is 2.84. The van der Waals surface area contributed by atoms with Gasteiger partial charge in [-0.05, 0) is 48.9 Å². The summed E-state index contributed by atoms with van der Waals surface area (Å²) in [5, 5.41) is 11.1. The zero-order valence-electron chi connectivity index (χ0n) is 22.1. The van der Waals surface area contributed by atoms with Gasteiger partial charge in [0.1, 0.15) is 17.7 Å². The topological polar surface area (TPSA) is 76.1 Å². The molecule has 1 heterocycles. The van der Waals surface area contributed by atoms with Gasteiger partial charge in [-0.25, -0.2) is 0 Å². The van der Waals surface area contributed by atoms with Crippen LogP contribution in [0.3, 0.4) is 0 Å². The zero-order chi connectivity index (χ0) is 27.8. The number of allylic oxidation sites excluding steroid dienone is 1. The number of aliphatic carboxylic acids is 1. The summed E-state index contributed by atoms with van der Waals surface area (Å²) in [6.07, 6.45) is 0.372. The minimum atomic E-state index is -4.51. The molecule has 10 heteroatoms. The fourth-order valence-corrected chi connectivity index (χ4v) is 9.50. The van der Waals surface area contributed by atoms with E-state index in [9.17, 15) is 27.9 Å². The molecule has 4 aliphatic carbocycles. The molecule has 38 heavy (non-hydrogen) atoms. The van der Waals surface area contributed by atoms with Gasteiger partial charge in [0, 0.05) is 17.0 Å². The van der Waals surface area contributed by atoms with Crippen LogP contribution in [0.15, 0.2) is 23.3 Å².